The SMILES string of the molecule is CC(C)C(C)(C#N)c1cccc(I)c1. The van der Waals surface area contributed by atoms with E-state index in [1.54, 1.807) is 0 Å². The minimum Gasteiger partial charge on any atom is -0.197 e. The zero-order valence-corrected chi connectivity index (χ0v) is 10.9. The van der Waals surface area contributed by atoms with Crippen molar-refractivity contribution in [3.8, 4) is 6.07 Å². The van der Waals surface area contributed by atoms with Gasteiger partial charge in [0.1, 0.15) is 0 Å². The molecule has 0 aliphatic rings. The maximum absolute atomic E-state index is 9.25. The van der Waals surface area contributed by atoms with Gasteiger partial charge in [0, 0.05) is 3.57 Å². The third kappa shape index (κ3) is 2.09. The Bertz CT molecular complexity index is 365. The zero-order valence-electron chi connectivity index (χ0n) is 8.71. The highest BCUT2D eigenvalue weighted by molar-refractivity contribution is 14.1. The summed E-state index contributed by atoms with van der Waals surface area (Å²) in [6.07, 6.45) is 0. The molecule has 1 rings (SSSR count). The smallest absolute Gasteiger partial charge is 0.0817 e. The van der Waals surface area contributed by atoms with Crippen LogP contribution in [-0.2, 0) is 5.41 Å². The van der Waals surface area contributed by atoms with Gasteiger partial charge in [-0.3, -0.25) is 0 Å². The maximum Gasteiger partial charge on any atom is 0.0817 e. The maximum atomic E-state index is 9.25. The van der Waals surface area contributed by atoms with Gasteiger partial charge in [-0.2, -0.15) is 5.26 Å². The van der Waals surface area contributed by atoms with Crippen molar-refractivity contribution in [2.75, 3.05) is 0 Å². The summed E-state index contributed by atoms with van der Waals surface area (Å²) in [6.45, 7) is 6.18. The lowest BCUT2D eigenvalue weighted by molar-refractivity contribution is 0.431. The van der Waals surface area contributed by atoms with Gasteiger partial charge in [-0.1, -0.05) is 26.0 Å². The molecule has 0 aliphatic heterocycles. The Morgan fingerprint density at radius 2 is 2.07 bits per heavy atom. The number of hydrogen-bond acceptors (Lipinski definition) is 1. The van der Waals surface area contributed by atoms with E-state index in [0.29, 0.717) is 5.92 Å². The van der Waals surface area contributed by atoms with Crippen LogP contribution in [0.25, 0.3) is 0 Å². The highest BCUT2D eigenvalue weighted by Gasteiger charge is 2.30. The van der Waals surface area contributed by atoms with Gasteiger partial charge in [-0.15, -0.1) is 0 Å². The summed E-state index contributed by atoms with van der Waals surface area (Å²) >= 11 is 2.28. The predicted octanol–water partition coefficient (Wildman–Crippen LogP) is 3.73. The van der Waals surface area contributed by atoms with E-state index in [1.807, 2.05) is 25.1 Å². The van der Waals surface area contributed by atoms with E-state index >= 15 is 0 Å². The average molecular weight is 299 g/mol. The van der Waals surface area contributed by atoms with Crippen molar-refractivity contribution >= 4 is 22.6 Å². The quantitative estimate of drug-likeness (QED) is 0.763. The minimum absolute atomic E-state index is 0.325. The summed E-state index contributed by atoms with van der Waals surface area (Å²) in [5.41, 5.74) is 0.739. The van der Waals surface area contributed by atoms with Crippen LogP contribution < -0.4 is 0 Å². The molecule has 14 heavy (non-hydrogen) atoms. The van der Waals surface area contributed by atoms with Crippen LogP contribution in [0.1, 0.15) is 26.3 Å². The second-order valence-corrected chi connectivity index (χ2v) is 5.22. The molecule has 1 nitrogen and oxygen atoms in total. The van der Waals surface area contributed by atoms with E-state index in [0.717, 1.165) is 5.56 Å². The van der Waals surface area contributed by atoms with E-state index in [-0.39, 0.29) is 5.41 Å². The molecule has 1 unspecified atom stereocenters. The highest BCUT2D eigenvalue weighted by Crippen LogP contribution is 2.31. The molecule has 0 N–H and O–H groups in total. The first-order chi connectivity index (χ1) is 6.50. The number of nitriles is 1. The fourth-order valence-electron chi connectivity index (χ4n) is 1.34. The van der Waals surface area contributed by atoms with Gasteiger partial charge >= 0.3 is 0 Å². The monoisotopic (exact) mass is 299 g/mol. The van der Waals surface area contributed by atoms with Crippen molar-refractivity contribution in [3.05, 3.63) is 33.4 Å². The molecule has 0 radical (unpaired) electrons. The van der Waals surface area contributed by atoms with Crippen LogP contribution in [0.2, 0.25) is 0 Å². The second kappa shape index (κ2) is 4.31. The van der Waals surface area contributed by atoms with Gasteiger partial charge in [-0.05, 0) is 53.1 Å². The van der Waals surface area contributed by atoms with Crippen LogP contribution in [0, 0.1) is 20.8 Å². The molecule has 0 saturated carbocycles. The largest absolute Gasteiger partial charge is 0.197 e. The van der Waals surface area contributed by atoms with Crippen LogP contribution >= 0.6 is 22.6 Å². The summed E-state index contributed by atoms with van der Waals surface area (Å²) in [7, 11) is 0. The Morgan fingerprint density at radius 3 is 2.50 bits per heavy atom. The number of benzene rings is 1. The molecule has 0 aromatic heterocycles. The third-order valence-corrected chi connectivity index (χ3v) is 3.48. The first-order valence-electron chi connectivity index (χ1n) is 4.68. The number of rotatable bonds is 2. The molecule has 0 bridgehead atoms. The van der Waals surface area contributed by atoms with Gasteiger partial charge in [0.25, 0.3) is 0 Å². The van der Waals surface area contributed by atoms with E-state index < -0.39 is 0 Å². The molecule has 0 amide bonds. The summed E-state index contributed by atoms with van der Waals surface area (Å²) in [6, 6.07) is 10.6. The minimum atomic E-state index is -0.374. The average Bonchev–Trinajstić information content (AvgIpc) is 2.16. The van der Waals surface area contributed by atoms with Crippen LogP contribution in [0.3, 0.4) is 0 Å². The molecule has 2 heteroatoms. The Balaban J connectivity index is 3.21. The molecule has 1 aromatic rings. The second-order valence-electron chi connectivity index (χ2n) is 3.98. The lowest BCUT2D eigenvalue weighted by atomic mass is 9.75. The van der Waals surface area contributed by atoms with E-state index in [2.05, 4.69) is 48.6 Å². The number of nitrogens with zero attached hydrogens (tertiary/aromatic N) is 1. The van der Waals surface area contributed by atoms with Gasteiger partial charge in [0.2, 0.25) is 0 Å². The van der Waals surface area contributed by atoms with Crippen molar-refractivity contribution in [3.63, 3.8) is 0 Å². The predicted molar refractivity (Wildman–Crippen MR) is 67.0 cm³/mol. The summed E-state index contributed by atoms with van der Waals surface area (Å²) in [5, 5.41) is 9.25. The van der Waals surface area contributed by atoms with Gasteiger partial charge in [-0.25, -0.2) is 0 Å². The summed E-state index contributed by atoms with van der Waals surface area (Å²) in [4.78, 5) is 0. The number of hydrogen-bond donors (Lipinski definition) is 0. The number of halogens is 1. The Hall–Kier alpha value is -0.560. The lowest BCUT2D eigenvalue weighted by Crippen LogP contribution is -2.26. The first-order valence-corrected chi connectivity index (χ1v) is 5.76. The normalized spacial score (nSPS) is 14.9. The molecule has 0 fully saturated rings. The highest BCUT2D eigenvalue weighted by atomic mass is 127. The molecule has 0 heterocycles. The van der Waals surface area contributed by atoms with E-state index in [9.17, 15) is 5.26 Å². The van der Waals surface area contributed by atoms with E-state index in [4.69, 9.17) is 0 Å². The standard InChI is InChI=1S/C12H14IN/c1-9(2)12(3,8-14)10-5-4-6-11(13)7-10/h4-7,9H,1-3H3. The fourth-order valence-corrected chi connectivity index (χ4v) is 1.88. The van der Waals surface area contributed by atoms with Crippen LogP contribution in [0.4, 0.5) is 0 Å². The van der Waals surface area contributed by atoms with Crippen molar-refractivity contribution in [2.24, 2.45) is 5.92 Å². The molecule has 0 aliphatic carbocycles. The zero-order chi connectivity index (χ0) is 10.8. The fraction of sp³-hybridized carbons (Fsp3) is 0.417. The molecule has 0 spiro atoms. The Labute approximate surface area is 99.3 Å². The van der Waals surface area contributed by atoms with Crippen molar-refractivity contribution in [2.45, 2.75) is 26.2 Å². The molecule has 1 atom stereocenters. The van der Waals surface area contributed by atoms with Crippen LogP contribution in [0.15, 0.2) is 24.3 Å². The van der Waals surface area contributed by atoms with Crippen molar-refractivity contribution in [1.82, 2.24) is 0 Å². The topological polar surface area (TPSA) is 23.8 Å². The Kier molecular flexibility index (Phi) is 3.54. The van der Waals surface area contributed by atoms with Crippen LogP contribution in [-0.4, -0.2) is 0 Å². The van der Waals surface area contributed by atoms with E-state index in [1.165, 1.54) is 3.57 Å². The molecular weight excluding hydrogens is 285 g/mol. The molecular formula is C12H14IN. The third-order valence-electron chi connectivity index (χ3n) is 2.81. The van der Waals surface area contributed by atoms with Crippen molar-refractivity contribution < 1.29 is 0 Å². The summed E-state index contributed by atoms with van der Waals surface area (Å²) in [5.74, 6) is 0.325. The molecule has 0 saturated heterocycles. The lowest BCUT2D eigenvalue weighted by Gasteiger charge is -2.26. The van der Waals surface area contributed by atoms with Gasteiger partial charge in [0.05, 0.1) is 11.5 Å². The molecule has 1 aromatic carbocycles. The van der Waals surface area contributed by atoms with Crippen LogP contribution in [0.5, 0.6) is 0 Å². The van der Waals surface area contributed by atoms with Gasteiger partial charge < -0.3 is 0 Å². The van der Waals surface area contributed by atoms with Crippen molar-refractivity contribution in [1.29, 1.82) is 5.26 Å². The Morgan fingerprint density at radius 1 is 1.43 bits per heavy atom. The first kappa shape index (κ1) is 11.5. The molecule has 74 valence electrons. The van der Waals surface area contributed by atoms with Gasteiger partial charge in [0.15, 0.2) is 0 Å². The summed E-state index contributed by atoms with van der Waals surface area (Å²) < 4.78 is 1.18.